The van der Waals surface area contributed by atoms with Gasteiger partial charge >= 0.3 is 0 Å². The number of rotatable bonds is 5. The van der Waals surface area contributed by atoms with E-state index < -0.39 is 12.2 Å². The SMILES string of the molecule is CC(=O)NCCC(O)C(O)c1ncc(Cl)cc1C. The Labute approximate surface area is 111 Å². The van der Waals surface area contributed by atoms with Gasteiger partial charge in [0.25, 0.3) is 0 Å². The molecule has 1 rings (SSSR count). The molecular weight excluding hydrogens is 256 g/mol. The van der Waals surface area contributed by atoms with Gasteiger partial charge in [0, 0.05) is 19.7 Å². The Morgan fingerprint density at radius 3 is 2.78 bits per heavy atom. The molecule has 0 saturated heterocycles. The van der Waals surface area contributed by atoms with Crippen LogP contribution in [0.2, 0.25) is 5.02 Å². The van der Waals surface area contributed by atoms with E-state index in [4.69, 9.17) is 11.6 Å². The van der Waals surface area contributed by atoms with E-state index in [0.717, 1.165) is 0 Å². The maximum atomic E-state index is 10.7. The number of aliphatic hydroxyl groups is 2. The van der Waals surface area contributed by atoms with Gasteiger partial charge in [0.1, 0.15) is 6.10 Å². The number of nitrogens with one attached hydrogen (secondary N) is 1. The van der Waals surface area contributed by atoms with Gasteiger partial charge in [-0.05, 0) is 25.0 Å². The van der Waals surface area contributed by atoms with Gasteiger partial charge in [-0.3, -0.25) is 9.78 Å². The maximum Gasteiger partial charge on any atom is 0.216 e. The molecule has 5 nitrogen and oxygen atoms in total. The van der Waals surface area contributed by atoms with Crippen LogP contribution in [-0.2, 0) is 4.79 Å². The first-order chi connectivity index (χ1) is 8.41. The zero-order chi connectivity index (χ0) is 13.7. The van der Waals surface area contributed by atoms with Crippen LogP contribution >= 0.6 is 11.6 Å². The monoisotopic (exact) mass is 272 g/mol. The minimum Gasteiger partial charge on any atom is -0.390 e. The average molecular weight is 273 g/mol. The molecule has 3 N–H and O–H groups in total. The fraction of sp³-hybridized carbons (Fsp3) is 0.500. The van der Waals surface area contributed by atoms with Crippen LogP contribution in [0.3, 0.4) is 0 Å². The molecule has 0 aromatic carbocycles. The number of pyridine rings is 1. The number of halogens is 1. The number of aromatic nitrogens is 1. The van der Waals surface area contributed by atoms with Gasteiger partial charge in [0.15, 0.2) is 0 Å². The van der Waals surface area contributed by atoms with E-state index in [-0.39, 0.29) is 12.3 Å². The van der Waals surface area contributed by atoms with Crippen molar-refractivity contribution in [2.45, 2.75) is 32.5 Å². The van der Waals surface area contributed by atoms with Crippen LogP contribution in [0, 0.1) is 6.92 Å². The highest BCUT2D eigenvalue weighted by Gasteiger charge is 2.21. The molecule has 6 heteroatoms. The lowest BCUT2D eigenvalue weighted by Crippen LogP contribution is -2.28. The number of carbonyl (C=O) groups is 1. The summed E-state index contributed by atoms with van der Waals surface area (Å²) in [6.45, 7) is 3.46. The summed E-state index contributed by atoms with van der Waals surface area (Å²) >= 11 is 5.77. The van der Waals surface area contributed by atoms with E-state index in [9.17, 15) is 15.0 Å². The van der Waals surface area contributed by atoms with E-state index in [1.807, 2.05) is 0 Å². The lowest BCUT2D eigenvalue weighted by Gasteiger charge is -2.19. The molecule has 100 valence electrons. The van der Waals surface area contributed by atoms with Gasteiger partial charge in [0.2, 0.25) is 5.91 Å². The molecule has 0 aliphatic heterocycles. The number of hydrogen-bond acceptors (Lipinski definition) is 4. The van der Waals surface area contributed by atoms with Crippen molar-refractivity contribution in [2.24, 2.45) is 0 Å². The van der Waals surface area contributed by atoms with Gasteiger partial charge in [0.05, 0.1) is 16.8 Å². The zero-order valence-electron chi connectivity index (χ0n) is 10.4. The van der Waals surface area contributed by atoms with Crippen molar-refractivity contribution in [2.75, 3.05) is 6.54 Å². The number of aryl methyl sites for hydroxylation is 1. The minimum atomic E-state index is -1.09. The molecule has 1 heterocycles. The summed E-state index contributed by atoms with van der Waals surface area (Å²) in [5, 5.41) is 22.8. The highest BCUT2D eigenvalue weighted by atomic mass is 35.5. The predicted molar refractivity (Wildman–Crippen MR) is 68.3 cm³/mol. The Morgan fingerprint density at radius 2 is 2.22 bits per heavy atom. The fourth-order valence-corrected chi connectivity index (χ4v) is 1.81. The van der Waals surface area contributed by atoms with Crippen molar-refractivity contribution in [1.82, 2.24) is 10.3 Å². The normalized spacial score (nSPS) is 14.1. The number of carbonyl (C=O) groups excluding carboxylic acids is 1. The van der Waals surface area contributed by atoms with E-state index in [0.29, 0.717) is 22.8 Å². The van der Waals surface area contributed by atoms with Crippen molar-refractivity contribution < 1.29 is 15.0 Å². The minimum absolute atomic E-state index is 0.169. The van der Waals surface area contributed by atoms with Gasteiger partial charge in [-0.2, -0.15) is 0 Å². The van der Waals surface area contributed by atoms with Crippen LogP contribution in [-0.4, -0.2) is 33.8 Å². The van der Waals surface area contributed by atoms with Crippen LogP contribution < -0.4 is 5.32 Å². The molecule has 1 aromatic rings. The third kappa shape index (κ3) is 4.25. The third-order valence-corrected chi connectivity index (χ3v) is 2.75. The Balaban J connectivity index is 2.62. The molecular formula is C12H17ClN2O3. The van der Waals surface area contributed by atoms with Crippen molar-refractivity contribution >= 4 is 17.5 Å². The zero-order valence-corrected chi connectivity index (χ0v) is 11.1. The first-order valence-corrected chi connectivity index (χ1v) is 6.02. The lowest BCUT2D eigenvalue weighted by molar-refractivity contribution is -0.119. The molecule has 0 saturated carbocycles. The maximum absolute atomic E-state index is 10.7. The molecule has 0 aliphatic rings. The molecule has 0 spiro atoms. The highest BCUT2D eigenvalue weighted by molar-refractivity contribution is 6.30. The topological polar surface area (TPSA) is 82.5 Å². The largest absolute Gasteiger partial charge is 0.390 e. The van der Waals surface area contributed by atoms with Gasteiger partial charge in [-0.1, -0.05) is 11.6 Å². The molecule has 0 fully saturated rings. The number of amides is 1. The first-order valence-electron chi connectivity index (χ1n) is 5.64. The molecule has 0 bridgehead atoms. The van der Waals surface area contributed by atoms with Crippen LogP contribution in [0.15, 0.2) is 12.3 Å². The van der Waals surface area contributed by atoms with E-state index in [1.54, 1.807) is 13.0 Å². The van der Waals surface area contributed by atoms with Gasteiger partial charge in [-0.25, -0.2) is 0 Å². The highest BCUT2D eigenvalue weighted by Crippen LogP contribution is 2.22. The van der Waals surface area contributed by atoms with Gasteiger partial charge < -0.3 is 15.5 Å². The summed E-state index contributed by atoms with van der Waals surface area (Å²) < 4.78 is 0. The van der Waals surface area contributed by atoms with Crippen molar-refractivity contribution in [3.05, 3.63) is 28.5 Å². The molecule has 18 heavy (non-hydrogen) atoms. The summed E-state index contributed by atoms with van der Waals surface area (Å²) in [5.41, 5.74) is 1.11. The van der Waals surface area contributed by atoms with E-state index in [1.165, 1.54) is 13.1 Å². The second-order valence-electron chi connectivity index (χ2n) is 4.14. The third-order valence-electron chi connectivity index (χ3n) is 2.54. The van der Waals surface area contributed by atoms with Crippen molar-refractivity contribution in [3.8, 4) is 0 Å². The summed E-state index contributed by atoms with van der Waals surface area (Å²) in [7, 11) is 0. The Kier molecular flexibility index (Phi) is 5.53. The molecule has 0 aliphatic carbocycles. The number of aliphatic hydroxyl groups excluding tert-OH is 2. The molecule has 1 amide bonds. The van der Waals surface area contributed by atoms with Crippen LogP contribution in [0.5, 0.6) is 0 Å². The lowest BCUT2D eigenvalue weighted by atomic mass is 10.0. The molecule has 1 aromatic heterocycles. The van der Waals surface area contributed by atoms with Gasteiger partial charge in [-0.15, -0.1) is 0 Å². The number of hydrogen-bond donors (Lipinski definition) is 3. The van der Waals surface area contributed by atoms with E-state index in [2.05, 4.69) is 10.3 Å². The van der Waals surface area contributed by atoms with Crippen LogP contribution in [0.1, 0.15) is 30.7 Å². The second-order valence-corrected chi connectivity index (χ2v) is 4.58. The summed E-state index contributed by atoms with van der Waals surface area (Å²) in [5.74, 6) is -0.169. The second kappa shape index (κ2) is 6.68. The quantitative estimate of drug-likeness (QED) is 0.746. The first kappa shape index (κ1) is 14.9. The molecule has 2 atom stereocenters. The van der Waals surface area contributed by atoms with Crippen LogP contribution in [0.4, 0.5) is 0 Å². The predicted octanol–water partition coefficient (Wildman–Crippen LogP) is 0.964. The Bertz CT molecular complexity index is 426. The number of nitrogens with zero attached hydrogens (tertiary/aromatic N) is 1. The van der Waals surface area contributed by atoms with Crippen molar-refractivity contribution in [3.63, 3.8) is 0 Å². The average Bonchev–Trinajstić information content (AvgIpc) is 2.27. The Morgan fingerprint density at radius 1 is 1.56 bits per heavy atom. The summed E-state index contributed by atoms with van der Waals surface area (Å²) in [4.78, 5) is 14.7. The molecule has 2 unspecified atom stereocenters. The Hall–Kier alpha value is -1.17. The summed E-state index contributed by atoms with van der Waals surface area (Å²) in [6, 6.07) is 1.67. The van der Waals surface area contributed by atoms with Crippen LogP contribution in [0.25, 0.3) is 0 Å². The van der Waals surface area contributed by atoms with E-state index >= 15 is 0 Å². The van der Waals surface area contributed by atoms with Crippen molar-refractivity contribution in [1.29, 1.82) is 0 Å². The standard InChI is InChI=1S/C12H17ClN2O3/c1-7-5-9(13)6-15-11(7)12(18)10(17)3-4-14-8(2)16/h5-6,10,12,17-18H,3-4H2,1-2H3,(H,14,16). The fourth-order valence-electron chi connectivity index (χ4n) is 1.60. The summed E-state index contributed by atoms with van der Waals surface area (Å²) in [6.07, 6.45) is -0.391. The molecule has 0 radical (unpaired) electrons. The smallest absolute Gasteiger partial charge is 0.216 e.